The van der Waals surface area contributed by atoms with Crippen molar-refractivity contribution in [1.82, 2.24) is 14.6 Å². The van der Waals surface area contributed by atoms with E-state index in [4.69, 9.17) is 5.73 Å². The number of hydrogen-bond acceptors (Lipinski definition) is 4. The molecule has 0 radical (unpaired) electrons. The molecule has 0 aromatic carbocycles. The molecule has 0 saturated carbocycles. The molecule has 0 bridgehead atoms. The number of fused-ring (bicyclic) bond motifs is 1. The Hall–Kier alpha value is -1.46. The lowest BCUT2D eigenvalue weighted by atomic mass is 9.93. The largest absolute Gasteiger partial charge is 0.387 e. The van der Waals surface area contributed by atoms with Crippen molar-refractivity contribution in [3.63, 3.8) is 0 Å². The summed E-state index contributed by atoms with van der Waals surface area (Å²) in [5.41, 5.74) is 7.84. The second-order valence-electron chi connectivity index (χ2n) is 5.22. The van der Waals surface area contributed by atoms with Gasteiger partial charge in [-0.3, -0.25) is 0 Å². The zero-order valence-electron chi connectivity index (χ0n) is 10.4. The maximum atomic E-state index is 9.65. The number of rotatable bonds is 2. The average molecular weight is 234 g/mol. The van der Waals surface area contributed by atoms with Gasteiger partial charge in [0.25, 0.3) is 0 Å². The van der Waals surface area contributed by atoms with Crippen LogP contribution >= 0.6 is 0 Å². The van der Waals surface area contributed by atoms with Crippen molar-refractivity contribution in [3.8, 4) is 0 Å². The third-order valence-corrected chi connectivity index (χ3v) is 2.71. The van der Waals surface area contributed by atoms with Crippen LogP contribution in [0.5, 0.6) is 0 Å². The molecule has 0 saturated heterocycles. The fraction of sp³-hybridized carbons (Fsp3) is 0.500. The molecule has 0 aliphatic rings. The Kier molecular flexibility index (Phi) is 2.89. The number of aliphatic hydroxyl groups excluding tert-OH is 1. The molecule has 17 heavy (non-hydrogen) atoms. The van der Waals surface area contributed by atoms with Gasteiger partial charge in [0.05, 0.1) is 11.8 Å². The molecule has 5 heteroatoms. The highest BCUT2D eigenvalue weighted by Crippen LogP contribution is 2.22. The predicted molar refractivity (Wildman–Crippen MR) is 65.7 cm³/mol. The summed E-state index contributed by atoms with van der Waals surface area (Å²) in [6, 6.07) is 1.96. The summed E-state index contributed by atoms with van der Waals surface area (Å²) in [6.45, 7) is 6.49. The Bertz CT molecular complexity index is 527. The van der Waals surface area contributed by atoms with Gasteiger partial charge >= 0.3 is 0 Å². The topological polar surface area (TPSA) is 76.4 Å². The Morgan fingerprint density at radius 2 is 2.18 bits per heavy atom. The lowest BCUT2D eigenvalue weighted by molar-refractivity contribution is 0.185. The van der Waals surface area contributed by atoms with Crippen molar-refractivity contribution in [2.75, 3.05) is 6.54 Å². The minimum absolute atomic E-state index is 0.0135. The lowest BCUT2D eigenvalue weighted by Gasteiger charge is -2.13. The van der Waals surface area contributed by atoms with Crippen molar-refractivity contribution >= 4 is 5.65 Å². The maximum Gasteiger partial charge on any atom is 0.155 e. The van der Waals surface area contributed by atoms with Crippen LogP contribution in [-0.2, 0) is 5.41 Å². The van der Waals surface area contributed by atoms with E-state index in [1.165, 1.54) is 0 Å². The molecule has 92 valence electrons. The number of nitrogens with zero attached hydrogens (tertiary/aromatic N) is 3. The van der Waals surface area contributed by atoms with Gasteiger partial charge in [0.2, 0.25) is 0 Å². The van der Waals surface area contributed by atoms with Gasteiger partial charge in [0.1, 0.15) is 0 Å². The first kappa shape index (κ1) is 12.0. The van der Waals surface area contributed by atoms with Crippen LogP contribution in [0.2, 0.25) is 0 Å². The molecule has 2 heterocycles. The zero-order chi connectivity index (χ0) is 12.6. The highest BCUT2D eigenvalue weighted by Gasteiger charge is 2.18. The van der Waals surface area contributed by atoms with Gasteiger partial charge in [0.15, 0.2) is 5.65 Å². The molecule has 0 fully saturated rings. The zero-order valence-corrected chi connectivity index (χ0v) is 10.4. The van der Waals surface area contributed by atoms with Crippen molar-refractivity contribution in [2.45, 2.75) is 32.3 Å². The lowest BCUT2D eigenvalue weighted by Crippen LogP contribution is -2.13. The molecule has 2 aromatic heterocycles. The van der Waals surface area contributed by atoms with E-state index in [0.29, 0.717) is 5.56 Å². The molecule has 0 aliphatic carbocycles. The van der Waals surface area contributed by atoms with Crippen LogP contribution in [0.1, 0.15) is 38.1 Å². The highest BCUT2D eigenvalue weighted by atomic mass is 16.3. The molecule has 1 atom stereocenters. The number of nitrogens with two attached hydrogens (primary N) is 1. The first-order chi connectivity index (χ1) is 7.91. The molecule has 5 nitrogen and oxygen atoms in total. The van der Waals surface area contributed by atoms with E-state index in [9.17, 15) is 5.11 Å². The van der Waals surface area contributed by atoms with E-state index in [1.54, 1.807) is 16.9 Å². The minimum atomic E-state index is -0.686. The number of aromatic nitrogens is 3. The summed E-state index contributed by atoms with van der Waals surface area (Å²) in [7, 11) is 0. The van der Waals surface area contributed by atoms with Crippen LogP contribution in [0.25, 0.3) is 5.65 Å². The summed E-state index contributed by atoms with van der Waals surface area (Å²) < 4.78 is 1.69. The third-order valence-electron chi connectivity index (χ3n) is 2.71. The van der Waals surface area contributed by atoms with Crippen LogP contribution in [0.15, 0.2) is 18.5 Å². The Morgan fingerprint density at radius 3 is 2.76 bits per heavy atom. The van der Waals surface area contributed by atoms with Crippen LogP contribution in [0, 0.1) is 0 Å². The van der Waals surface area contributed by atoms with E-state index >= 15 is 0 Å². The number of hydrogen-bond donors (Lipinski definition) is 2. The maximum absolute atomic E-state index is 9.65. The summed E-state index contributed by atoms with van der Waals surface area (Å²) in [5, 5.41) is 14.1. The molecule has 1 unspecified atom stereocenters. The molecule has 2 rings (SSSR count). The van der Waals surface area contributed by atoms with Gasteiger partial charge in [-0.15, -0.1) is 0 Å². The van der Waals surface area contributed by atoms with Gasteiger partial charge in [-0.1, -0.05) is 20.8 Å². The first-order valence-electron chi connectivity index (χ1n) is 5.66. The van der Waals surface area contributed by atoms with Crippen LogP contribution < -0.4 is 5.73 Å². The molecule has 3 N–H and O–H groups in total. The predicted octanol–water partition coefficient (Wildman–Crippen LogP) is 1.02. The molecule has 2 aromatic rings. The highest BCUT2D eigenvalue weighted by molar-refractivity contribution is 5.41. The van der Waals surface area contributed by atoms with Crippen molar-refractivity contribution < 1.29 is 5.11 Å². The van der Waals surface area contributed by atoms with Crippen LogP contribution in [0.3, 0.4) is 0 Å². The first-order valence-corrected chi connectivity index (χ1v) is 5.66. The molecule has 0 aliphatic heterocycles. The fourth-order valence-electron chi connectivity index (χ4n) is 1.57. The Morgan fingerprint density at radius 1 is 1.47 bits per heavy atom. The molecule has 0 spiro atoms. The Balaban J connectivity index is 2.48. The number of aliphatic hydroxyl groups is 1. The van der Waals surface area contributed by atoms with E-state index in [-0.39, 0.29) is 12.0 Å². The second-order valence-corrected chi connectivity index (χ2v) is 5.22. The standard InChI is InChI=1S/C12H18N4O/c1-12(2,3)10-4-11-14-6-8(9(17)5-13)7-16(11)15-10/h4,6-7,9,17H,5,13H2,1-3H3. The summed E-state index contributed by atoms with van der Waals surface area (Å²) in [6.07, 6.45) is 2.73. The van der Waals surface area contributed by atoms with Crippen molar-refractivity contribution in [3.05, 3.63) is 29.7 Å². The molecular weight excluding hydrogens is 216 g/mol. The second kappa shape index (κ2) is 4.09. The van der Waals surface area contributed by atoms with Crippen molar-refractivity contribution in [1.29, 1.82) is 0 Å². The van der Waals surface area contributed by atoms with Crippen LogP contribution in [-0.4, -0.2) is 26.2 Å². The fourth-order valence-corrected chi connectivity index (χ4v) is 1.57. The summed E-state index contributed by atoms with van der Waals surface area (Å²) in [5.74, 6) is 0. The summed E-state index contributed by atoms with van der Waals surface area (Å²) in [4.78, 5) is 4.27. The van der Waals surface area contributed by atoms with Gasteiger partial charge in [-0.2, -0.15) is 5.10 Å². The smallest absolute Gasteiger partial charge is 0.155 e. The van der Waals surface area contributed by atoms with Gasteiger partial charge < -0.3 is 10.8 Å². The minimum Gasteiger partial charge on any atom is -0.387 e. The Labute approximate surface area is 100 Å². The monoisotopic (exact) mass is 234 g/mol. The normalized spacial score (nSPS) is 14.2. The van der Waals surface area contributed by atoms with Crippen molar-refractivity contribution in [2.24, 2.45) is 5.73 Å². The van der Waals surface area contributed by atoms with E-state index < -0.39 is 6.10 Å². The van der Waals surface area contributed by atoms with Gasteiger partial charge in [-0.25, -0.2) is 9.50 Å². The van der Waals surface area contributed by atoms with E-state index in [0.717, 1.165) is 11.3 Å². The summed E-state index contributed by atoms with van der Waals surface area (Å²) >= 11 is 0. The van der Waals surface area contributed by atoms with E-state index in [1.807, 2.05) is 6.07 Å². The average Bonchev–Trinajstić information content (AvgIpc) is 2.70. The quantitative estimate of drug-likeness (QED) is 0.813. The third kappa shape index (κ3) is 2.30. The van der Waals surface area contributed by atoms with Crippen LogP contribution in [0.4, 0.5) is 0 Å². The SMILES string of the molecule is CC(C)(C)c1cc2ncc(C(O)CN)cn2n1. The van der Waals surface area contributed by atoms with Gasteiger partial charge in [0, 0.05) is 36.0 Å². The molecule has 0 amide bonds. The molecular formula is C12H18N4O. The van der Waals surface area contributed by atoms with E-state index in [2.05, 4.69) is 30.9 Å². The van der Waals surface area contributed by atoms with Gasteiger partial charge in [-0.05, 0) is 0 Å².